The van der Waals surface area contributed by atoms with E-state index in [9.17, 15) is 5.11 Å². The van der Waals surface area contributed by atoms with Crippen LogP contribution < -0.4 is 0 Å². The average molecular weight is 375 g/mol. The first-order chi connectivity index (χ1) is 11.0. The number of aromatic nitrogens is 3. The van der Waals surface area contributed by atoms with Gasteiger partial charge in [0.25, 0.3) is 0 Å². The number of ether oxygens (including phenoxy) is 1. The Kier molecular flexibility index (Phi) is 4.45. The number of fused-ring (bicyclic) bond motifs is 3. The van der Waals surface area contributed by atoms with Crippen molar-refractivity contribution in [3.05, 3.63) is 36.3 Å². The number of methoxy groups -OCH3 is 1. The van der Waals surface area contributed by atoms with Gasteiger partial charge in [-0.1, -0.05) is 0 Å². The van der Waals surface area contributed by atoms with E-state index in [2.05, 4.69) is 24.9 Å². The van der Waals surface area contributed by atoms with Gasteiger partial charge in [0.15, 0.2) is 0 Å². The summed E-state index contributed by atoms with van der Waals surface area (Å²) in [6, 6.07) is 8.08. The molecule has 2 atom stereocenters. The number of hydrogen-bond acceptors (Lipinski definition) is 4. The quantitative estimate of drug-likeness (QED) is 0.686. The molecule has 0 fully saturated rings. The Labute approximate surface area is 144 Å². The van der Waals surface area contributed by atoms with Gasteiger partial charge in [-0.25, -0.2) is 0 Å². The fraction of sp³-hybridized carbons (Fsp3) is 0.412. The number of nitrogens with zero attached hydrogens (tertiary/aromatic N) is 3. The fourth-order valence-corrected chi connectivity index (χ4v) is 3.27. The first kappa shape index (κ1) is 16.4. The molecule has 3 rings (SSSR count). The third kappa shape index (κ3) is 2.67. The summed E-state index contributed by atoms with van der Waals surface area (Å²) in [5.41, 5.74) is 3.55. The molecule has 0 amide bonds. The van der Waals surface area contributed by atoms with Crippen LogP contribution in [0.25, 0.3) is 21.9 Å². The Morgan fingerprint density at radius 3 is 2.78 bits per heavy atom. The predicted molar refractivity (Wildman–Crippen MR) is 94.5 cm³/mol. The normalized spacial score (nSPS) is 13.8. The van der Waals surface area contributed by atoms with Crippen molar-refractivity contribution in [3.8, 4) is 0 Å². The summed E-state index contributed by atoms with van der Waals surface area (Å²) in [6.45, 7) is 4.89. The molecule has 3 aromatic rings. The molecule has 0 bridgehead atoms. The van der Waals surface area contributed by atoms with Gasteiger partial charge in [0, 0.05) is 0 Å². The van der Waals surface area contributed by atoms with Crippen LogP contribution in [0.3, 0.4) is 0 Å². The first-order valence-electron chi connectivity index (χ1n) is 7.64. The molecule has 0 saturated heterocycles. The zero-order valence-electron chi connectivity index (χ0n) is 13.7. The Hall–Kier alpha value is -1.42. The standard InChI is InChI=1S/C17H22AsN3O2/c1-17(2,16(18)23-3)15-13-14(21(8-9-22)10-19-13)11-6-4-5-7-12(11)20-15/h4-7,10,16,22H,8-9,18H2,1-3H3. The molecule has 2 heterocycles. The van der Waals surface area contributed by atoms with Crippen molar-refractivity contribution in [2.75, 3.05) is 13.7 Å². The van der Waals surface area contributed by atoms with E-state index in [-0.39, 0.29) is 16.9 Å². The number of rotatable bonds is 5. The summed E-state index contributed by atoms with van der Waals surface area (Å²) in [5.74, 6) is 0. The van der Waals surface area contributed by atoms with Gasteiger partial charge in [-0.15, -0.1) is 0 Å². The van der Waals surface area contributed by atoms with Crippen molar-refractivity contribution in [2.45, 2.75) is 30.7 Å². The van der Waals surface area contributed by atoms with E-state index in [1.54, 1.807) is 13.4 Å². The van der Waals surface area contributed by atoms with Crippen LogP contribution in [0.15, 0.2) is 30.6 Å². The van der Waals surface area contributed by atoms with Crippen molar-refractivity contribution >= 4 is 38.8 Å². The molecule has 0 saturated carbocycles. The fourth-order valence-electron chi connectivity index (χ4n) is 2.94. The van der Waals surface area contributed by atoms with Crippen LogP contribution in [0.4, 0.5) is 0 Å². The molecule has 0 radical (unpaired) electrons. The first-order valence-corrected chi connectivity index (χ1v) is 9.04. The number of aliphatic hydroxyl groups excluding tert-OH is 1. The maximum atomic E-state index is 9.34. The summed E-state index contributed by atoms with van der Waals surface area (Å²) in [4.78, 5) is 9.58. The second-order valence-electron chi connectivity index (χ2n) is 6.21. The van der Waals surface area contributed by atoms with Crippen LogP contribution in [-0.2, 0) is 16.7 Å². The van der Waals surface area contributed by atoms with Crippen molar-refractivity contribution in [1.82, 2.24) is 14.5 Å². The monoisotopic (exact) mass is 375 g/mol. The number of pyridine rings is 1. The molecule has 2 aromatic heterocycles. The van der Waals surface area contributed by atoms with Gasteiger partial charge in [0.1, 0.15) is 0 Å². The summed E-state index contributed by atoms with van der Waals surface area (Å²) in [7, 11) is 1.73. The van der Waals surface area contributed by atoms with Crippen molar-refractivity contribution in [3.63, 3.8) is 0 Å². The van der Waals surface area contributed by atoms with Gasteiger partial charge in [0.05, 0.1) is 0 Å². The summed E-state index contributed by atoms with van der Waals surface area (Å²) in [6.07, 6.45) is 1.79. The van der Waals surface area contributed by atoms with E-state index < -0.39 is 0 Å². The Balaban J connectivity index is 2.38. The van der Waals surface area contributed by atoms with E-state index in [4.69, 9.17) is 9.72 Å². The van der Waals surface area contributed by atoms with Gasteiger partial charge in [0.2, 0.25) is 0 Å². The van der Waals surface area contributed by atoms with Crippen molar-refractivity contribution < 1.29 is 9.84 Å². The number of aliphatic hydroxyl groups is 1. The minimum atomic E-state index is -0.255. The van der Waals surface area contributed by atoms with Crippen molar-refractivity contribution in [1.29, 1.82) is 0 Å². The molecule has 0 aliphatic heterocycles. The summed E-state index contributed by atoms with van der Waals surface area (Å²) < 4.78 is 7.60. The van der Waals surface area contributed by atoms with Crippen molar-refractivity contribution in [2.24, 2.45) is 0 Å². The zero-order chi connectivity index (χ0) is 16.6. The van der Waals surface area contributed by atoms with Crippen LogP contribution in [0.5, 0.6) is 0 Å². The van der Waals surface area contributed by atoms with Gasteiger partial charge >= 0.3 is 144 Å². The summed E-state index contributed by atoms with van der Waals surface area (Å²) >= 11 is 1.54. The maximum absolute atomic E-state index is 9.34. The third-order valence-electron chi connectivity index (χ3n) is 4.37. The molecular formula is C17H22AsN3O2. The summed E-state index contributed by atoms with van der Waals surface area (Å²) in [5, 5.41) is 10.4. The Morgan fingerprint density at radius 1 is 1.35 bits per heavy atom. The molecule has 0 aliphatic rings. The molecule has 23 heavy (non-hydrogen) atoms. The molecule has 0 aliphatic carbocycles. The molecule has 2 unspecified atom stereocenters. The van der Waals surface area contributed by atoms with Crippen LogP contribution in [0.1, 0.15) is 19.5 Å². The molecular weight excluding hydrogens is 353 g/mol. The Morgan fingerprint density at radius 2 is 2.09 bits per heavy atom. The second kappa shape index (κ2) is 6.23. The third-order valence-corrected chi connectivity index (χ3v) is 6.69. The van der Waals surface area contributed by atoms with Gasteiger partial charge < -0.3 is 0 Å². The van der Waals surface area contributed by atoms with Gasteiger partial charge in [-0.05, 0) is 0 Å². The Bertz CT molecular complexity index is 844. The van der Waals surface area contributed by atoms with E-state index in [0.717, 1.165) is 27.6 Å². The number of hydrogen-bond donors (Lipinski definition) is 1. The van der Waals surface area contributed by atoms with Crippen LogP contribution in [-0.4, -0.2) is 55.1 Å². The molecule has 5 nitrogen and oxygen atoms in total. The van der Waals surface area contributed by atoms with E-state index in [1.165, 1.54) is 16.9 Å². The van der Waals surface area contributed by atoms with Crippen LogP contribution in [0, 0.1) is 0 Å². The molecule has 0 spiro atoms. The molecule has 1 aromatic carbocycles. The number of benzene rings is 1. The van der Waals surface area contributed by atoms with E-state index in [1.807, 2.05) is 22.8 Å². The topological polar surface area (TPSA) is 60.2 Å². The zero-order valence-corrected chi connectivity index (χ0v) is 16.1. The second-order valence-corrected chi connectivity index (χ2v) is 7.48. The van der Waals surface area contributed by atoms with Crippen LogP contribution in [0.2, 0.25) is 0 Å². The van der Waals surface area contributed by atoms with Crippen LogP contribution >= 0.6 is 0 Å². The van der Waals surface area contributed by atoms with Gasteiger partial charge in [-0.3, -0.25) is 0 Å². The SMILES string of the molecule is COC([AsH2])C(C)(C)c1nc2ccccc2c2c1ncn2CCO. The number of para-hydroxylation sites is 1. The van der Waals surface area contributed by atoms with Gasteiger partial charge in [-0.2, -0.15) is 0 Å². The minimum absolute atomic E-state index is 0.0647. The molecule has 122 valence electrons. The average Bonchev–Trinajstić information content (AvgIpc) is 2.97. The van der Waals surface area contributed by atoms with E-state index in [0.29, 0.717) is 6.54 Å². The molecule has 1 N–H and O–H groups in total. The van der Waals surface area contributed by atoms with E-state index >= 15 is 0 Å². The predicted octanol–water partition coefficient (Wildman–Crippen LogP) is 1.46. The number of imidazole rings is 1. The molecule has 6 heteroatoms.